The van der Waals surface area contributed by atoms with Crippen molar-refractivity contribution in [2.45, 2.75) is 62.6 Å². The molecule has 0 unspecified atom stereocenters. The van der Waals surface area contributed by atoms with Crippen LogP contribution in [0, 0.1) is 5.92 Å². The Labute approximate surface area is 188 Å². The fourth-order valence-electron chi connectivity index (χ4n) is 4.11. The first kappa shape index (κ1) is 23.1. The van der Waals surface area contributed by atoms with Gasteiger partial charge in [0.15, 0.2) is 5.16 Å². The van der Waals surface area contributed by atoms with Crippen LogP contribution in [0.4, 0.5) is 13.2 Å². The number of para-hydroxylation sites is 1. The smallest absolute Gasteiger partial charge is 0.376 e. The van der Waals surface area contributed by atoms with Crippen LogP contribution in [-0.4, -0.2) is 57.6 Å². The van der Waals surface area contributed by atoms with Crippen molar-refractivity contribution < 1.29 is 22.7 Å². The Morgan fingerprint density at radius 1 is 1.31 bits per heavy atom. The second-order valence-electron chi connectivity index (χ2n) is 8.47. The zero-order chi connectivity index (χ0) is 22.9. The van der Waals surface area contributed by atoms with Crippen molar-refractivity contribution in [3.8, 4) is 0 Å². The zero-order valence-corrected chi connectivity index (χ0v) is 18.6. The number of aromatic nitrogens is 2. The van der Waals surface area contributed by atoms with E-state index in [9.17, 15) is 22.8 Å². The molecule has 2 aromatic rings. The Morgan fingerprint density at radius 2 is 2.06 bits per heavy atom. The normalized spacial score (nSPS) is 19.9. The standard InChI is InChI=1S/C22H26F3N3O3S/c1-14(15-8-9-15)28(13-22(23,24)25)19(29)12-32-21-26-18-7-3-2-6-17(18)20(30)27(21)11-16-5-4-10-31-16/h2-3,6-7,14-16H,4-5,8-13H2,1H3/t14-,16-/m0/s1. The molecule has 6 nitrogen and oxygen atoms in total. The van der Waals surface area contributed by atoms with Gasteiger partial charge in [-0.05, 0) is 50.7 Å². The van der Waals surface area contributed by atoms with E-state index < -0.39 is 24.7 Å². The van der Waals surface area contributed by atoms with Crippen LogP contribution in [0.2, 0.25) is 0 Å². The Hall–Kier alpha value is -2.07. The van der Waals surface area contributed by atoms with Crippen LogP contribution in [0.15, 0.2) is 34.2 Å². The Kier molecular flexibility index (Phi) is 6.80. The quantitative estimate of drug-likeness (QED) is 0.434. The molecule has 0 bridgehead atoms. The summed E-state index contributed by atoms with van der Waals surface area (Å²) in [4.78, 5) is 31.4. The van der Waals surface area contributed by atoms with Gasteiger partial charge in [-0.3, -0.25) is 14.2 Å². The van der Waals surface area contributed by atoms with Gasteiger partial charge in [-0.25, -0.2) is 4.98 Å². The first-order valence-electron chi connectivity index (χ1n) is 10.8. The van der Waals surface area contributed by atoms with Crippen LogP contribution in [0.3, 0.4) is 0 Å². The predicted molar refractivity (Wildman–Crippen MR) is 116 cm³/mol. The summed E-state index contributed by atoms with van der Waals surface area (Å²) in [5, 5.41) is 0.783. The molecular weight excluding hydrogens is 443 g/mol. The van der Waals surface area contributed by atoms with E-state index in [-0.39, 0.29) is 23.3 Å². The molecule has 0 N–H and O–H groups in total. The van der Waals surface area contributed by atoms with E-state index in [1.165, 1.54) is 4.57 Å². The minimum Gasteiger partial charge on any atom is -0.376 e. The Morgan fingerprint density at radius 3 is 2.72 bits per heavy atom. The molecule has 2 aliphatic rings. The lowest BCUT2D eigenvalue weighted by atomic mass is 10.2. The van der Waals surface area contributed by atoms with E-state index in [4.69, 9.17) is 4.74 Å². The zero-order valence-electron chi connectivity index (χ0n) is 17.8. The monoisotopic (exact) mass is 469 g/mol. The minimum absolute atomic E-state index is 0.114. The van der Waals surface area contributed by atoms with E-state index >= 15 is 0 Å². The number of halogens is 3. The highest BCUT2D eigenvalue weighted by Gasteiger charge is 2.40. The minimum atomic E-state index is -4.47. The van der Waals surface area contributed by atoms with Gasteiger partial charge in [-0.2, -0.15) is 13.2 Å². The number of nitrogens with zero attached hydrogens (tertiary/aromatic N) is 3. The van der Waals surface area contributed by atoms with Gasteiger partial charge in [0.05, 0.1) is 29.3 Å². The summed E-state index contributed by atoms with van der Waals surface area (Å²) < 4.78 is 46.5. The van der Waals surface area contributed by atoms with Gasteiger partial charge < -0.3 is 9.64 Å². The third kappa shape index (κ3) is 5.46. The van der Waals surface area contributed by atoms with Crippen LogP contribution in [0.1, 0.15) is 32.6 Å². The number of hydrogen-bond acceptors (Lipinski definition) is 5. The molecule has 1 saturated carbocycles. The molecule has 1 amide bonds. The third-order valence-corrected chi connectivity index (χ3v) is 6.99. The van der Waals surface area contributed by atoms with Crippen molar-refractivity contribution in [3.05, 3.63) is 34.6 Å². The van der Waals surface area contributed by atoms with E-state index in [1.807, 2.05) is 0 Å². The molecule has 1 aromatic heterocycles. The highest BCUT2D eigenvalue weighted by molar-refractivity contribution is 7.99. The first-order valence-corrected chi connectivity index (χ1v) is 11.8. The van der Waals surface area contributed by atoms with Crippen molar-refractivity contribution in [3.63, 3.8) is 0 Å². The lowest BCUT2D eigenvalue weighted by Gasteiger charge is -2.30. The molecule has 4 rings (SSSR count). The van der Waals surface area contributed by atoms with Crippen molar-refractivity contribution in [2.24, 2.45) is 5.92 Å². The van der Waals surface area contributed by atoms with Gasteiger partial charge in [0.25, 0.3) is 5.56 Å². The summed E-state index contributed by atoms with van der Waals surface area (Å²) in [7, 11) is 0. The number of hydrogen-bond donors (Lipinski definition) is 0. The van der Waals surface area contributed by atoms with Gasteiger partial charge >= 0.3 is 6.18 Å². The molecule has 1 saturated heterocycles. The highest BCUT2D eigenvalue weighted by atomic mass is 32.2. The maximum Gasteiger partial charge on any atom is 0.406 e. The Balaban J connectivity index is 1.57. The average Bonchev–Trinajstić information content (AvgIpc) is 3.48. The predicted octanol–water partition coefficient (Wildman–Crippen LogP) is 3.86. The fourth-order valence-corrected chi connectivity index (χ4v) is 5.00. The van der Waals surface area contributed by atoms with Crippen LogP contribution >= 0.6 is 11.8 Å². The van der Waals surface area contributed by atoms with Gasteiger partial charge in [0.2, 0.25) is 5.91 Å². The van der Waals surface area contributed by atoms with E-state index in [0.717, 1.165) is 42.3 Å². The molecule has 0 spiro atoms. The molecule has 174 valence electrons. The van der Waals surface area contributed by atoms with Gasteiger partial charge in [-0.1, -0.05) is 23.9 Å². The summed E-state index contributed by atoms with van der Waals surface area (Å²) >= 11 is 1.01. The lowest BCUT2D eigenvalue weighted by molar-refractivity contribution is -0.164. The van der Waals surface area contributed by atoms with Crippen LogP contribution in [0.25, 0.3) is 10.9 Å². The summed E-state index contributed by atoms with van der Waals surface area (Å²) in [5.74, 6) is -0.704. The lowest BCUT2D eigenvalue weighted by Crippen LogP contribution is -2.46. The fraction of sp³-hybridized carbons (Fsp3) is 0.591. The van der Waals surface area contributed by atoms with Crippen molar-refractivity contribution in [1.29, 1.82) is 0 Å². The van der Waals surface area contributed by atoms with E-state index in [2.05, 4.69) is 4.98 Å². The largest absolute Gasteiger partial charge is 0.406 e. The number of carbonyl (C=O) groups is 1. The van der Waals surface area contributed by atoms with Gasteiger partial charge in [0, 0.05) is 12.6 Å². The number of rotatable bonds is 8. The Bertz CT molecular complexity index is 1030. The molecule has 2 atom stereocenters. The van der Waals surface area contributed by atoms with Crippen molar-refractivity contribution in [1.82, 2.24) is 14.5 Å². The number of amides is 1. The van der Waals surface area contributed by atoms with Crippen molar-refractivity contribution >= 4 is 28.6 Å². The second kappa shape index (κ2) is 9.43. The second-order valence-corrected chi connectivity index (χ2v) is 9.41. The van der Waals surface area contributed by atoms with Crippen LogP contribution in [-0.2, 0) is 16.1 Å². The number of carbonyl (C=O) groups excluding carboxylic acids is 1. The maximum atomic E-state index is 13.1. The number of benzene rings is 1. The van der Waals surface area contributed by atoms with Gasteiger partial charge in [-0.15, -0.1) is 0 Å². The molecule has 10 heteroatoms. The molecule has 2 fully saturated rings. The number of fused-ring (bicyclic) bond motifs is 1. The van der Waals surface area contributed by atoms with Crippen molar-refractivity contribution in [2.75, 3.05) is 18.9 Å². The summed E-state index contributed by atoms with van der Waals surface area (Å²) in [6, 6.07) is 6.46. The average molecular weight is 470 g/mol. The highest BCUT2D eigenvalue weighted by Crippen LogP contribution is 2.36. The van der Waals surface area contributed by atoms with Crippen LogP contribution < -0.4 is 5.56 Å². The summed E-state index contributed by atoms with van der Waals surface area (Å²) in [6.07, 6.45) is -1.19. The summed E-state index contributed by atoms with van der Waals surface area (Å²) in [5.41, 5.74) is 0.258. The number of thioether (sulfide) groups is 1. The molecule has 1 aliphatic heterocycles. The first-order chi connectivity index (χ1) is 15.2. The molecule has 2 heterocycles. The third-order valence-electron chi connectivity index (χ3n) is 6.03. The van der Waals surface area contributed by atoms with E-state index in [0.29, 0.717) is 29.2 Å². The van der Waals surface area contributed by atoms with E-state index in [1.54, 1.807) is 31.2 Å². The maximum absolute atomic E-state index is 13.1. The molecular formula is C22H26F3N3O3S. The summed E-state index contributed by atoms with van der Waals surface area (Å²) in [6.45, 7) is 1.34. The van der Waals surface area contributed by atoms with Crippen LogP contribution in [0.5, 0.6) is 0 Å². The SMILES string of the molecule is C[C@@H](C1CC1)N(CC(F)(F)F)C(=O)CSc1nc2ccccc2c(=O)n1C[C@@H]1CCCO1. The molecule has 0 radical (unpaired) electrons. The molecule has 32 heavy (non-hydrogen) atoms. The molecule has 1 aromatic carbocycles. The number of ether oxygens (including phenoxy) is 1. The number of alkyl halides is 3. The van der Waals surface area contributed by atoms with Gasteiger partial charge in [0.1, 0.15) is 6.54 Å². The molecule has 1 aliphatic carbocycles. The topological polar surface area (TPSA) is 64.4 Å².